The normalized spacial score (nSPS) is 25.0. The Morgan fingerprint density at radius 3 is 2.23 bits per heavy atom. The highest BCUT2D eigenvalue weighted by Gasteiger charge is 2.33. The number of nitrogens with zero attached hydrogens (tertiary/aromatic N) is 4. The van der Waals surface area contributed by atoms with E-state index in [1.165, 1.54) is 25.9 Å². The zero-order chi connectivity index (χ0) is 21.7. The van der Waals surface area contributed by atoms with Gasteiger partial charge in [0.15, 0.2) is 0 Å². The summed E-state index contributed by atoms with van der Waals surface area (Å²) in [6.07, 6.45) is 4.00. The Labute approximate surface area is 181 Å². The molecule has 3 saturated heterocycles. The van der Waals surface area contributed by atoms with Crippen molar-refractivity contribution in [2.75, 3.05) is 66.1 Å². The molecule has 8 heteroatoms. The van der Waals surface area contributed by atoms with E-state index in [-0.39, 0.29) is 24.6 Å². The minimum absolute atomic E-state index is 0.00562. The number of hydrogen-bond donors (Lipinski definition) is 0. The van der Waals surface area contributed by atoms with Gasteiger partial charge in [0, 0.05) is 38.8 Å². The SMILES string of the molecule is CN1CCC(N2CCN(C(=O)COC[C@H]3CCCN3C(=O)OC(C)(C)C)CC2)CC1. The molecule has 0 aromatic heterocycles. The minimum Gasteiger partial charge on any atom is -0.444 e. The highest BCUT2D eigenvalue weighted by molar-refractivity contribution is 5.77. The van der Waals surface area contributed by atoms with Gasteiger partial charge in [-0.25, -0.2) is 4.79 Å². The van der Waals surface area contributed by atoms with Gasteiger partial charge in [-0.3, -0.25) is 9.69 Å². The van der Waals surface area contributed by atoms with Gasteiger partial charge in [0.1, 0.15) is 12.2 Å². The van der Waals surface area contributed by atoms with Crippen LogP contribution < -0.4 is 0 Å². The summed E-state index contributed by atoms with van der Waals surface area (Å²) in [5, 5.41) is 0. The molecule has 0 N–H and O–H groups in total. The fourth-order valence-electron chi connectivity index (χ4n) is 4.64. The van der Waals surface area contributed by atoms with Crippen LogP contribution in [0.5, 0.6) is 0 Å². The Bertz CT molecular complexity index is 578. The van der Waals surface area contributed by atoms with Crippen LogP contribution in [-0.4, -0.2) is 115 Å². The third-order valence-electron chi connectivity index (χ3n) is 6.41. The molecule has 3 aliphatic rings. The van der Waals surface area contributed by atoms with Crippen LogP contribution in [0, 0.1) is 0 Å². The smallest absolute Gasteiger partial charge is 0.410 e. The Hall–Kier alpha value is -1.38. The molecule has 0 aliphatic carbocycles. The van der Waals surface area contributed by atoms with E-state index in [9.17, 15) is 9.59 Å². The van der Waals surface area contributed by atoms with E-state index in [1.807, 2.05) is 25.7 Å². The number of ether oxygens (including phenoxy) is 2. The maximum atomic E-state index is 12.6. The fourth-order valence-corrected chi connectivity index (χ4v) is 4.64. The predicted molar refractivity (Wildman–Crippen MR) is 115 cm³/mol. The predicted octanol–water partition coefficient (Wildman–Crippen LogP) is 1.64. The molecular weight excluding hydrogens is 384 g/mol. The van der Waals surface area contributed by atoms with Crippen LogP contribution in [0.15, 0.2) is 0 Å². The van der Waals surface area contributed by atoms with Gasteiger partial charge in [-0.2, -0.15) is 0 Å². The standard InChI is InChI=1S/C22H40N4O4/c1-22(2,3)30-21(28)26-9-5-6-19(26)16-29-17-20(27)25-14-12-24(13-15-25)18-7-10-23(4)11-8-18/h18-19H,5-17H2,1-4H3/t19-/m1/s1. The van der Waals surface area contributed by atoms with Crippen LogP contribution in [0.3, 0.4) is 0 Å². The Balaban J connectivity index is 1.35. The van der Waals surface area contributed by atoms with Crippen LogP contribution in [0.4, 0.5) is 4.79 Å². The van der Waals surface area contributed by atoms with E-state index in [2.05, 4.69) is 16.8 Å². The quantitative estimate of drug-likeness (QED) is 0.669. The molecular formula is C22H40N4O4. The number of piperazine rings is 1. The van der Waals surface area contributed by atoms with Crippen molar-refractivity contribution in [2.45, 2.75) is 64.1 Å². The molecule has 172 valence electrons. The number of hydrogen-bond acceptors (Lipinski definition) is 6. The van der Waals surface area contributed by atoms with Crippen molar-refractivity contribution < 1.29 is 19.1 Å². The first-order valence-electron chi connectivity index (χ1n) is 11.5. The maximum absolute atomic E-state index is 12.6. The zero-order valence-electron chi connectivity index (χ0n) is 19.3. The molecule has 0 aromatic carbocycles. The summed E-state index contributed by atoms with van der Waals surface area (Å²) in [6.45, 7) is 12.6. The molecule has 1 atom stereocenters. The molecule has 8 nitrogen and oxygen atoms in total. The van der Waals surface area contributed by atoms with Crippen LogP contribution >= 0.6 is 0 Å². The molecule has 0 bridgehead atoms. The number of carbonyl (C=O) groups is 2. The van der Waals surface area contributed by atoms with E-state index in [1.54, 1.807) is 4.90 Å². The molecule has 0 spiro atoms. The largest absolute Gasteiger partial charge is 0.444 e. The second-order valence-corrected chi connectivity index (χ2v) is 9.94. The third-order valence-corrected chi connectivity index (χ3v) is 6.41. The first-order chi connectivity index (χ1) is 14.2. The van der Waals surface area contributed by atoms with E-state index in [0.717, 1.165) is 39.0 Å². The zero-order valence-corrected chi connectivity index (χ0v) is 19.3. The monoisotopic (exact) mass is 424 g/mol. The van der Waals surface area contributed by atoms with Gasteiger partial charge in [0.25, 0.3) is 0 Å². The summed E-state index contributed by atoms with van der Waals surface area (Å²) in [5.74, 6) is 0.0554. The minimum atomic E-state index is -0.503. The summed E-state index contributed by atoms with van der Waals surface area (Å²) in [5.41, 5.74) is -0.503. The van der Waals surface area contributed by atoms with Gasteiger partial charge in [-0.1, -0.05) is 0 Å². The first-order valence-corrected chi connectivity index (χ1v) is 11.5. The molecule has 3 fully saturated rings. The lowest BCUT2D eigenvalue weighted by atomic mass is 10.0. The lowest BCUT2D eigenvalue weighted by molar-refractivity contribution is -0.138. The second-order valence-electron chi connectivity index (χ2n) is 9.94. The van der Waals surface area contributed by atoms with Crippen molar-refractivity contribution in [1.29, 1.82) is 0 Å². The van der Waals surface area contributed by atoms with Crippen LogP contribution in [0.25, 0.3) is 0 Å². The molecule has 30 heavy (non-hydrogen) atoms. The van der Waals surface area contributed by atoms with Gasteiger partial charge in [-0.15, -0.1) is 0 Å². The van der Waals surface area contributed by atoms with Crippen molar-refractivity contribution in [2.24, 2.45) is 0 Å². The molecule has 3 aliphatic heterocycles. The topological polar surface area (TPSA) is 65.6 Å². The molecule has 3 heterocycles. The van der Waals surface area contributed by atoms with E-state index in [4.69, 9.17) is 9.47 Å². The lowest BCUT2D eigenvalue weighted by Gasteiger charge is -2.42. The van der Waals surface area contributed by atoms with E-state index < -0.39 is 5.60 Å². The third kappa shape index (κ3) is 6.56. The maximum Gasteiger partial charge on any atom is 0.410 e. The summed E-state index contributed by atoms with van der Waals surface area (Å²) in [6, 6.07) is 0.657. The fraction of sp³-hybridized carbons (Fsp3) is 0.909. The van der Waals surface area contributed by atoms with Crippen molar-refractivity contribution >= 4 is 12.0 Å². The number of piperidine rings is 1. The van der Waals surface area contributed by atoms with Gasteiger partial charge in [0.2, 0.25) is 5.91 Å². The highest BCUT2D eigenvalue weighted by Crippen LogP contribution is 2.21. The van der Waals surface area contributed by atoms with Gasteiger partial charge in [-0.05, 0) is 66.6 Å². The summed E-state index contributed by atoms with van der Waals surface area (Å²) < 4.78 is 11.2. The Morgan fingerprint density at radius 1 is 0.933 bits per heavy atom. The summed E-state index contributed by atoms with van der Waals surface area (Å²) in [4.78, 5) is 33.5. The van der Waals surface area contributed by atoms with Gasteiger partial charge in [0.05, 0.1) is 12.6 Å². The van der Waals surface area contributed by atoms with E-state index in [0.29, 0.717) is 19.2 Å². The summed E-state index contributed by atoms with van der Waals surface area (Å²) >= 11 is 0. The Morgan fingerprint density at radius 2 is 1.60 bits per heavy atom. The highest BCUT2D eigenvalue weighted by atomic mass is 16.6. The summed E-state index contributed by atoms with van der Waals surface area (Å²) in [7, 11) is 2.19. The molecule has 3 rings (SSSR count). The van der Waals surface area contributed by atoms with Gasteiger partial charge < -0.3 is 24.2 Å². The van der Waals surface area contributed by atoms with Crippen LogP contribution in [-0.2, 0) is 14.3 Å². The second kappa shape index (κ2) is 10.3. The number of carbonyl (C=O) groups excluding carboxylic acids is 2. The number of rotatable bonds is 5. The number of likely N-dealkylation sites (tertiary alicyclic amines) is 2. The molecule has 0 saturated carbocycles. The van der Waals surface area contributed by atoms with Crippen molar-refractivity contribution in [3.63, 3.8) is 0 Å². The Kier molecular flexibility index (Phi) is 7.98. The molecule has 0 unspecified atom stereocenters. The molecule has 2 amide bonds. The van der Waals surface area contributed by atoms with Crippen LogP contribution in [0.1, 0.15) is 46.5 Å². The molecule has 0 radical (unpaired) electrons. The van der Waals surface area contributed by atoms with Crippen molar-refractivity contribution in [3.05, 3.63) is 0 Å². The van der Waals surface area contributed by atoms with Gasteiger partial charge >= 0.3 is 6.09 Å². The lowest BCUT2D eigenvalue weighted by Crippen LogP contribution is -2.54. The molecule has 0 aromatic rings. The van der Waals surface area contributed by atoms with Crippen molar-refractivity contribution in [1.82, 2.24) is 19.6 Å². The number of amides is 2. The van der Waals surface area contributed by atoms with Crippen molar-refractivity contribution in [3.8, 4) is 0 Å². The average Bonchev–Trinajstić information content (AvgIpc) is 3.16. The van der Waals surface area contributed by atoms with Crippen LogP contribution in [0.2, 0.25) is 0 Å². The van der Waals surface area contributed by atoms with E-state index >= 15 is 0 Å². The first kappa shape index (κ1) is 23.3. The average molecular weight is 425 g/mol.